The number of ether oxygens (including phenoxy) is 1. The molecule has 0 aliphatic heterocycles. The summed E-state index contributed by atoms with van der Waals surface area (Å²) in [5.74, 6) is 0.175. The minimum absolute atomic E-state index is 0.338. The summed E-state index contributed by atoms with van der Waals surface area (Å²) in [6.07, 6.45) is 3.22. The fraction of sp³-hybridized carbons (Fsp3) is 0.0500. The molecular weight excluding hydrogens is 366 g/mol. The van der Waals surface area contributed by atoms with Crippen molar-refractivity contribution in [2.75, 3.05) is 0 Å². The van der Waals surface area contributed by atoms with E-state index in [-0.39, 0.29) is 0 Å². The molecule has 0 aliphatic carbocycles. The van der Waals surface area contributed by atoms with E-state index in [2.05, 4.69) is 15.8 Å². The van der Waals surface area contributed by atoms with Crippen molar-refractivity contribution in [2.45, 2.75) is 6.92 Å². The van der Waals surface area contributed by atoms with Gasteiger partial charge in [0.25, 0.3) is 11.8 Å². The zero-order valence-corrected chi connectivity index (χ0v) is 15.2. The Hall–Kier alpha value is -3.38. The van der Waals surface area contributed by atoms with Gasteiger partial charge in [0, 0.05) is 28.5 Å². The molecule has 0 aliphatic rings. The molecular formula is C20H16ClN3O3. The number of aryl methyl sites for hydroxylation is 1. The van der Waals surface area contributed by atoms with E-state index in [9.17, 15) is 9.59 Å². The summed E-state index contributed by atoms with van der Waals surface area (Å²) >= 11 is 5.92. The molecule has 27 heavy (non-hydrogen) atoms. The maximum absolute atomic E-state index is 12.3. The van der Waals surface area contributed by atoms with Crippen LogP contribution in [-0.4, -0.2) is 16.8 Å². The van der Waals surface area contributed by atoms with Crippen molar-refractivity contribution in [2.24, 2.45) is 0 Å². The summed E-state index contributed by atoms with van der Waals surface area (Å²) < 4.78 is 5.67. The number of aromatic nitrogens is 1. The van der Waals surface area contributed by atoms with Gasteiger partial charge in [-0.15, -0.1) is 0 Å². The zero-order chi connectivity index (χ0) is 19.2. The number of hydrogen-bond acceptors (Lipinski definition) is 4. The summed E-state index contributed by atoms with van der Waals surface area (Å²) in [6, 6.07) is 15.0. The molecule has 3 aromatic rings. The lowest BCUT2D eigenvalue weighted by Crippen LogP contribution is -2.41. The van der Waals surface area contributed by atoms with Gasteiger partial charge in [-0.3, -0.25) is 25.4 Å². The third-order valence-electron chi connectivity index (χ3n) is 3.72. The number of nitrogens with zero attached hydrogens (tertiary/aromatic N) is 1. The Morgan fingerprint density at radius 2 is 1.67 bits per heavy atom. The van der Waals surface area contributed by atoms with Crippen LogP contribution in [0.25, 0.3) is 0 Å². The molecule has 0 bridgehead atoms. The van der Waals surface area contributed by atoms with E-state index in [0.29, 0.717) is 27.6 Å². The average Bonchev–Trinajstić information content (AvgIpc) is 2.68. The van der Waals surface area contributed by atoms with Crippen molar-refractivity contribution in [1.82, 2.24) is 15.8 Å². The first-order valence-corrected chi connectivity index (χ1v) is 8.45. The van der Waals surface area contributed by atoms with Gasteiger partial charge in [0.2, 0.25) is 0 Å². The standard InChI is InChI=1S/C20H16ClN3O3/c1-13-5-6-15(21)12-18(13)20(26)24-23-19(25)14-3-2-4-17(11-14)27-16-7-9-22-10-8-16/h2-12H,1H3,(H,23,25)(H,24,26). The second-order valence-corrected chi connectivity index (χ2v) is 6.12. The van der Waals surface area contributed by atoms with Gasteiger partial charge in [0.05, 0.1) is 0 Å². The minimum Gasteiger partial charge on any atom is -0.457 e. The van der Waals surface area contributed by atoms with E-state index >= 15 is 0 Å². The van der Waals surface area contributed by atoms with Gasteiger partial charge in [-0.25, -0.2) is 0 Å². The molecule has 6 nitrogen and oxygen atoms in total. The van der Waals surface area contributed by atoms with Crippen molar-refractivity contribution in [3.63, 3.8) is 0 Å². The maximum Gasteiger partial charge on any atom is 0.270 e. The fourth-order valence-electron chi connectivity index (χ4n) is 2.34. The number of nitrogens with one attached hydrogen (secondary N) is 2. The number of amides is 2. The van der Waals surface area contributed by atoms with Crippen molar-refractivity contribution < 1.29 is 14.3 Å². The van der Waals surface area contributed by atoms with E-state index in [1.54, 1.807) is 73.9 Å². The molecule has 1 heterocycles. The molecule has 3 rings (SSSR count). The second kappa shape index (κ2) is 8.33. The average molecular weight is 382 g/mol. The van der Waals surface area contributed by atoms with Crippen molar-refractivity contribution in [3.05, 3.63) is 88.7 Å². The monoisotopic (exact) mass is 381 g/mol. The number of halogens is 1. The van der Waals surface area contributed by atoms with Gasteiger partial charge < -0.3 is 4.74 Å². The Balaban J connectivity index is 1.65. The third kappa shape index (κ3) is 4.83. The van der Waals surface area contributed by atoms with E-state index in [0.717, 1.165) is 5.56 Å². The summed E-state index contributed by atoms with van der Waals surface area (Å²) in [6.45, 7) is 1.78. The highest BCUT2D eigenvalue weighted by Gasteiger charge is 2.12. The maximum atomic E-state index is 12.3. The highest BCUT2D eigenvalue weighted by molar-refractivity contribution is 6.31. The molecule has 0 spiro atoms. The predicted octanol–water partition coefficient (Wildman–Crippen LogP) is 3.91. The number of carbonyl (C=O) groups is 2. The van der Waals surface area contributed by atoms with Crippen molar-refractivity contribution in [3.8, 4) is 11.5 Å². The number of pyridine rings is 1. The summed E-state index contributed by atoms with van der Waals surface area (Å²) in [5.41, 5.74) is 6.25. The molecule has 0 radical (unpaired) electrons. The SMILES string of the molecule is Cc1ccc(Cl)cc1C(=O)NNC(=O)c1cccc(Oc2ccncc2)c1. The van der Waals surface area contributed by atoms with Gasteiger partial charge in [0.1, 0.15) is 11.5 Å². The molecule has 0 saturated carbocycles. The van der Waals surface area contributed by atoms with Gasteiger partial charge in [0.15, 0.2) is 0 Å². The van der Waals surface area contributed by atoms with E-state index < -0.39 is 11.8 Å². The number of hydrazine groups is 1. The van der Waals surface area contributed by atoms with Crippen LogP contribution in [0.4, 0.5) is 0 Å². The van der Waals surface area contributed by atoms with Crippen LogP contribution in [0.5, 0.6) is 11.5 Å². The Labute approximate surface area is 161 Å². The first-order valence-electron chi connectivity index (χ1n) is 8.08. The summed E-state index contributed by atoms with van der Waals surface area (Å²) in [4.78, 5) is 28.5. The molecule has 0 fully saturated rings. The van der Waals surface area contributed by atoms with E-state index in [1.807, 2.05) is 0 Å². The molecule has 2 aromatic carbocycles. The summed E-state index contributed by atoms with van der Waals surface area (Å²) in [5, 5.41) is 0.443. The molecule has 0 saturated heterocycles. The van der Waals surface area contributed by atoms with Crippen LogP contribution in [0, 0.1) is 6.92 Å². The minimum atomic E-state index is -0.469. The van der Waals surface area contributed by atoms with Gasteiger partial charge in [-0.05, 0) is 55.0 Å². The lowest BCUT2D eigenvalue weighted by atomic mass is 10.1. The smallest absolute Gasteiger partial charge is 0.270 e. The number of carbonyl (C=O) groups excluding carboxylic acids is 2. The fourth-order valence-corrected chi connectivity index (χ4v) is 2.51. The lowest BCUT2D eigenvalue weighted by molar-refractivity contribution is 0.0846. The van der Waals surface area contributed by atoms with E-state index in [1.165, 1.54) is 0 Å². The lowest BCUT2D eigenvalue weighted by Gasteiger charge is -2.10. The molecule has 136 valence electrons. The number of hydrogen-bond donors (Lipinski definition) is 2. The van der Waals surface area contributed by atoms with Gasteiger partial charge in [-0.1, -0.05) is 23.7 Å². The molecule has 1 aromatic heterocycles. The van der Waals surface area contributed by atoms with Crippen LogP contribution in [0.3, 0.4) is 0 Å². The van der Waals surface area contributed by atoms with Gasteiger partial charge in [-0.2, -0.15) is 0 Å². The first kappa shape index (κ1) is 18.4. The van der Waals surface area contributed by atoms with Crippen LogP contribution >= 0.6 is 11.6 Å². The second-order valence-electron chi connectivity index (χ2n) is 5.68. The highest BCUT2D eigenvalue weighted by Crippen LogP contribution is 2.21. The largest absolute Gasteiger partial charge is 0.457 e. The van der Waals surface area contributed by atoms with Crippen molar-refractivity contribution in [1.29, 1.82) is 0 Å². The number of benzene rings is 2. The normalized spacial score (nSPS) is 10.1. The third-order valence-corrected chi connectivity index (χ3v) is 3.95. The number of rotatable bonds is 4. The topological polar surface area (TPSA) is 80.3 Å². The molecule has 0 atom stereocenters. The Morgan fingerprint density at radius 3 is 2.44 bits per heavy atom. The molecule has 2 N–H and O–H groups in total. The van der Waals surface area contributed by atoms with Crippen LogP contribution in [0.2, 0.25) is 5.02 Å². The first-order chi connectivity index (χ1) is 13.0. The van der Waals surface area contributed by atoms with Gasteiger partial charge >= 0.3 is 0 Å². The van der Waals surface area contributed by atoms with E-state index in [4.69, 9.17) is 16.3 Å². The van der Waals surface area contributed by atoms with Crippen LogP contribution < -0.4 is 15.6 Å². The molecule has 0 unspecified atom stereocenters. The van der Waals surface area contributed by atoms with Crippen LogP contribution in [0.1, 0.15) is 26.3 Å². The Morgan fingerprint density at radius 1 is 0.926 bits per heavy atom. The van der Waals surface area contributed by atoms with Crippen LogP contribution in [-0.2, 0) is 0 Å². The van der Waals surface area contributed by atoms with Crippen molar-refractivity contribution >= 4 is 23.4 Å². The van der Waals surface area contributed by atoms with Crippen LogP contribution in [0.15, 0.2) is 67.0 Å². The summed E-state index contributed by atoms with van der Waals surface area (Å²) in [7, 11) is 0. The molecule has 7 heteroatoms. The Bertz CT molecular complexity index is 977. The predicted molar refractivity (Wildman–Crippen MR) is 102 cm³/mol. The zero-order valence-electron chi connectivity index (χ0n) is 14.4. The highest BCUT2D eigenvalue weighted by atomic mass is 35.5. The Kier molecular flexibility index (Phi) is 5.68. The quantitative estimate of drug-likeness (QED) is 0.671. The molecule has 2 amide bonds.